The van der Waals surface area contributed by atoms with Crippen molar-refractivity contribution >= 4 is 28.9 Å². The summed E-state index contributed by atoms with van der Waals surface area (Å²) < 4.78 is 13.7. The van der Waals surface area contributed by atoms with Crippen LogP contribution in [0.25, 0.3) is 0 Å². The number of nitrogens with one attached hydrogen (secondary N) is 2. The van der Waals surface area contributed by atoms with Crippen LogP contribution in [0.4, 0.5) is 21.5 Å². The smallest absolute Gasteiger partial charge is 0.257 e. The third kappa shape index (κ3) is 4.50. The van der Waals surface area contributed by atoms with Gasteiger partial charge in [-0.2, -0.15) is 0 Å². The van der Waals surface area contributed by atoms with Crippen molar-refractivity contribution in [2.45, 2.75) is 0 Å². The number of halogens is 1. The Labute approximate surface area is 162 Å². The second-order valence-electron chi connectivity index (χ2n) is 6.29. The maximum atomic E-state index is 13.7. The maximum absolute atomic E-state index is 13.7. The Hall–Kier alpha value is -3.74. The van der Waals surface area contributed by atoms with Crippen molar-refractivity contribution in [2.75, 3.05) is 29.6 Å². The average molecular weight is 378 g/mol. The number of hydrogen-bond acceptors (Lipinski definition) is 4. The minimum atomic E-state index is -0.553. The number of aromatic nitrogens is 1. The van der Waals surface area contributed by atoms with Crippen LogP contribution < -0.4 is 15.5 Å². The molecule has 142 valence electrons. The van der Waals surface area contributed by atoms with Crippen molar-refractivity contribution in [3.05, 3.63) is 83.9 Å². The van der Waals surface area contributed by atoms with E-state index in [1.165, 1.54) is 36.7 Å². The van der Waals surface area contributed by atoms with E-state index in [0.29, 0.717) is 5.69 Å². The molecule has 0 saturated carbocycles. The number of carbonyl (C=O) groups is 2. The number of anilines is 3. The predicted molar refractivity (Wildman–Crippen MR) is 107 cm³/mol. The summed E-state index contributed by atoms with van der Waals surface area (Å²) in [6, 6.07) is 14.6. The zero-order chi connectivity index (χ0) is 20.1. The SMILES string of the molecule is CN(C)c1ccc(NC(=O)c2cncc(C(=O)Nc3ccccc3F)c2)cc1. The summed E-state index contributed by atoms with van der Waals surface area (Å²) in [5.74, 6) is -1.49. The summed E-state index contributed by atoms with van der Waals surface area (Å²) in [6.07, 6.45) is 2.68. The van der Waals surface area contributed by atoms with Gasteiger partial charge in [0.1, 0.15) is 5.82 Å². The van der Waals surface area contributed by atoms with E-state index in [1.807, 2.05) is 31.1 Å². The summed E-state index contributed by atoms with van der Waals surface area (Å²) >= 11 is 0. The van der Waals surface area contributed by atoms with E-state index in [-0.39, 0.29) is 16.8 Å². The third-order valence-corrected chi connectivity index (χ3v) is 4.03. The minimum absolute atomic E-state index is 0.0586. The fourth-order valence-corrected chi connectivity index (χ4v) is 2.49. The van der Waals surface area contributed by atoms with E-state index in [2.05, 4.69) is 15.6 Å². The molecule has 2 aromatic carbocycles. The lowest BCUT2D eigenvalue weighted by molar-refractivity contribution is 0.102. The van der Waals surface area contributed by atoms with Gasteiger partial charge < -0.3 is 15.5 Å². The van der Waals surface area contributed by atoms with Crippen LogP contribution in [0, 0.1) is 5.82 Å². The van der Waals surface area contributed by atoms with Gasteiger partial charge in [-0.3, -0.25) is 14.6 Å². The first kappa shape index (κ1) is 19.0. The highest BCUT2D eigenvalue weighted by Gasteiger charge is 2.13. The first-order valence-corrected chi connectivity index (χ1v) is 8.54. The molecule has 1 aromatic heterocycles. The molecular formula is C21H19FN4O2. The largest absolute Gasteiger partial charge is 0.378 e. The molecule has 2 amide bonds. The van der Waals surface area contributed by atoms with Crippen LogP contribution in [0.5, 0.6) is 0 Å². The first-order valence-electron chi connectivity index (χ1n) is 8.54. The number of amides is 2. The zero-order valence-corrected chi connectivity index (χ0v) is 15.4. The number of hydrogen-bond donors (Lipinski definition) is 2. The molecule has 0 saturated heterocycles. The fraction of sp³-hybridized carbons (Fsp3) is 0.0952. The lowest BCUT2D eigenvalue weighted by Gasteiger charge is -2.13. The third-order valence-electron chi connectivity index (χ3n) is 4.03. The molecule has 0 spiro atoms. The maximum Gasteiger partial charge on any atom is 0.257 e. The van der Waals surface area contributed by atoms with E-state index >= 15 is 0 Å². The predicted octanol–water partition coefficient (Wildman–Crippen LogP) is 3.79. The highest BCUT2D eigenvalue weighted by Crippen LogP contribution is 2.17. The standard InChI is InChI=1S/C21H19FN4O2/c1-26(2)17-9-7-16(8-10-17)24-20(27)14-11-15(13-23-12-14)21(28)25-19-6-4-3-5-18(19)22/h3-13H,1-2H3,(H,24,27)(H,25,28). The average Bonchev–Trinajstić information content (AvgIpc) is 2.70. The van der Waals surface area contributed by atoms with E-state index in [0.717, 1.165) is 5.69 Å². The Morgan fingerprint density at radius 3 is 2.11 bits per heavy atom. The van der Waals surface area contributed by atoms with Gasteiger partial charge in [-0.05, 0) is 42.5 Å². The summed E-state index contributed by atoms with van der Waals surface area (Å²) in [5.41, 5.74) is 2.06. The number of para-hydroxylation sites is 1. The van der Waals surface area contributed by atoms with Gasteiger partial charge in [0.2, 0.25) is 0 Å². The van der Waals surface area contributed by atoms with Crippen molar-refractivity contribution in [1.29, 1.82) is 0 Å². The molecule has 0 fully saturated rings. The summed E-state index contributed by atoms with van der Waals surface area (Å²) in [6.45, 7) is 0. The second kappa shape index (κ2) is 8.30. The quantitative estimate of drug-likeness (QED) is 0.708. The van der Waals surface area contributed by atoms with Crippen LogP contribution in [0.1, 0.15) is 20.7 Å². The number of nitrogens with zero attached hydrogens (tertiary/aromatic N) is 2. The van der Waals surface area contributed by atoms with Gasteiger partial charge in [0.15, 0.2) is 0 Å². The summed E-state index contributed by atoms with van der Waals surface area (Å²) in [7, 11) is 3.86. The fourth-order valence-electron chi connectivity index (χ4n) is 2.49. The van der Waals surface area contributed by atoms with Crippen molar-refractivity contribution < 1.29 is 14.0 Å². The molecule has 2 N–H and O–H groups in total. The lowest BCUT2D eigenvalue weighted by atomic mass is 10.1. The van der Waals surface area contributed by atoms with Gasteiger partial charge in [-0.15, -0.1) is 0 Å². The number of benzene rings is 2. The Kier molecular flexibility index (Phi) is 5.64. The lowest BCUT2D eigenvalue weighted by Crippen LogP contribution is -2.16. The normalized spacial score (nSPS) is 10.2. The van der Waals surface area contributed by atoms with Gasteiger partial charge in [0.05, 0.1) is 16.8 Å². The van der Waals surface area contributed by atoms with Crippen LogP contribution in [0.15, 0.2) is 67.0 Å². The molecule has 0 aliphatic carbocycles. The van der Waals surface area contributed by atoms with Crippen LogP contribution in [-0.2, 0) is 0 Å². The van der Waals surface area contributed by atoms with Gasteiger partial charge in [-0.25, -0.2) is 4.39 Å². The molecule has 0 aliphatic heterocycles. The highest BCUT2D eigenvalue weighted by molar-refractivity contribution is 6.08. The van der Waals surface area contributed by atoms with E-state index < -0.39 is 17.6 Å². The zero-order valence-electron chi connectivity index (χ0n) is 15.4. The van der Waals surface area contributed by atoms with Gasteiger partial charge in [-0.1, -0.05) is 12.1 Å². The molecule has 3 rings (SSSR count). The molecule has 0 aliphatic rings. The van der Waals surface area contributed by atoms with Crippen LogP contribution in [-0.4, -0.2) is 30.9 Å². The van der Waals surface area contributed by atoms with Crippen molar-refractivity contribution in [3.63, 3.8) is 0 Å². The molecule has 6 nitrogen and oxygen atoms in total. The van der Waals surface area contributed by atoms with Crippen molar-refractivity contribution in [3.8, 4) is 0 Å². The topological polar surface area (TPSA) is 74.3 Å². The number of carbonyl (C=O) groups excluding carboxylic acids is 2. The number of pyridine rings is 1. The highest BCUT2D eigenvalue weighted by atomic mass is 19.1. The molecule has 1 heterocycles. The molecule has 28 heavy (non-hydrogen) atoms. The first-order chi connectivity index (χ1) is 13.4. The van der Waals surface area contributed by atoms with E-state index in [4.69, 9.17) is 0 Å². The van der Waals surface area contributed by atoms with Gasteiger partial charge in [0, 0.05) is 37.9 Å². The molecule has 7 heteroatoms. The van der Waals surface area contributed by atoms with Gasteiger partial charge >= 0.3 is 0 Å². The van der Waals surface area contributed by atoms with Crippen LogP contribution >= 0.6 is 0 Å². The molecular weight excluding hydrogens is 359 g/mol. The minimum Gasteiger partial charge on any atom is -0.378 e. The van der Waals surface area contributed by atoms with E-state index in [1.54, 1.807) is 18.2 Å². The Balaban J connectivity index is 1.72. The van der Waals surface area contributed by atoms with Crippen LogP contribution in [0.3, 0.4) is 0 Å². The summed E-state index contributed by atoms with van der Waals surface area (Å²) in [4.78, 5) is 30.7. The summed E-state index contributed by atoms with van der Waals surface area (Å²) in [5, 5.41) is 5.23. The molecule has 0 unspecified atom stereocenters. The Morgan fingerprint density at radius 2 is 1.50 bits per heavy atom. The number of rotatable bonds is 5. The van der Waals surface area contributed by atoms with Crippen molar-refractivity contribution in [2.24, 2.45) is 0 Å². The molecule has 0 radical (unpaired) electrons. The van der Waals surface area contributed by atoms with E-state index in [9.17, 15) is 14.0 Å². The Morgan fingerprint density at radius 1 is 0.893 bits per heavy atom. The monoisotopic (exact) mass is 378 g/mol. The molecule has 0 bridgehead atoms. The molecule has 3 aromatic rings. The molecule has 0 atom stereocenters. The van der Waals surface area contributed by atoms with Gasteiger partial charge in [0.25, 0.3) is 11.8 Å². The van der Waals surface area contributed by atoms with Crippen molar-refractivity contribution in [1.82, 2.24) is 4.98 Å². The second-order valence-corrected chi connectivity index (χ2v) is 6.29. The van der Waals surface area contributed by atoms with Crippen LogP contribution in [0.2, 0.25) is 0 Å². The Bertz CT molecular complexity index is 1000.